The van der Waals surface area contributed by atoms with Gasteiger partial charge in [-0.3, -0.25) is 9.59 Å². The van der Waals surface area contributed by atoms with Gasteiger partial charge in [-0.05, 0) is 30.9 Å². The summed E-state index contributed by atoms with van der Waals surface area (Å²) >= 11 is 3.41. The minimum Gasteiger partial charge on any atom is -0.423 e. The highest BCUT2D eigenvalue weighted by Crippen LogP contribution is 2.32. The molecule has 0 saturated heterocycles. The summed E-state index contributed by atoms with van der Waals surface area (Å²) in [6.45, 7) is 2.66. The summed E-state index contributed by atoms with van der Waals surface area (Å²) in [5.41, 5.74) is 0.891. The van der Waals surface area contributed by atoms with Crippen LogP contribution in [0.3, 0.4) is 0 Å². The zero-order valence-electron chi connectivity index (χ0n) is 12.5. The van der Waals surface area contributed by atoms with Crippen LogP contribution in [0.2, 0.25) is 0 Å². The van der Waals surface area contributed by atoms with E-state index in [0.29, 0.717) is 11.5 Å². The summed E-state index contributed by atoms with van der Waals surface area (Å²) < 4.78 is 10.3. The maximum atomic E-state index is 11.3. The molecule has 1 rings (SSSR count). The first kappa shape index (κ1) is 17.7. The van der Waals surface area contributed by atoms with Crippen LogP contribution in [-0.2, 0) is 16.0 Å². The van der Waals surface area contributed by atoms with Gasteiger partial charge in [0.2, 0.25) is 0 Å². The van der Waals surface area contributed by atoms with Gasteiger partial charge >= 0.3 is 11.9 Å². The molecule has 0 bridgehead atoms. The predicted molar refractivity (Wildman–Crippen MR) is 85.0 cm³/mol. The number of ether oxygens (including phenoxy) is 2. The molecule has 0 N–H and O–H groups in total. The van der Waals surface area contributed by atoms with Crippen molar-refractivity contribution >= 4 is 27.9 Å². The molecule has 21 heavy (non-hydrogen) atoms. The van der Waals surface area contributed by atoms with Crippen molar-refractivity contribution in [2.75, 3.05) is 5.33 Å². The minimum absolute atomic E-state index is 0.302. The molecule has 0 heterocycles. The number of aryl methyl sites for hydroxylation is 1. The molecule has 0 aliphatic heterocycles. The molecule has 5 heteroatoms. The van der Waals surface area contributed by atoms with Gasteiger partial charge < -0.3 is 9.47 Å². The molecule has 0 radical (unpaired) electrons. The van der Waals surface area contributed by atoms with Crippen molar-refractivity contribution in [3.05, 3.63) is 23.8 Å². The number of unbranched alkanes of at least 4 members (excludes halogenated alkanes) is 3. The van der Waals surface area contributed by atoms with Gasteiger partial charge in [0, 0.05) is 19.2 Å². The van der Waals surface area contributed by atoms with Gasteiger partial charge in [0.25, 0.3) is 0 Å². The number of halogens is 1. The Morgan fingerprint density at radius 2 is 1.67 bits per heavy atom. The van der Waals surface area contributed by atoms with E-state index >= 15 is 0 Å². The molecule has 0 aliphatic carbocycles. The van der Waals surface area contributed by atoms with Gasteiger partial charge in [-0.15, -0.1) is 0 Å². The lowest BCUT2D eigenvalue weighted by Crippen LogP contribution is -2.09. The van der Waals surface area contributed by atoms with Gasteiger partial charge in [0.15, 0.2) is 11.5 Å². The number of carbonyl (C=O) groups is 2. The van der Waals surface area contributed by atoms with Crippen LogP contribution in [0.1, 0.15) is 45.1 Å². The highest BCUT2D eigenvalue weighted by atomic mass is 79.9. The number of rotatable bonds is 8. The van der Waals surface area contributed by atoms with Gasteiger partial charge in [-0.25, -0.2) is 0 Å². The number of hydrogen-bond donors (Lipinski definition) is 0. The molecule has 0 unspecified atom stereocenters. The Hall–Kier alpha value is -1.36. The smallest absolute Gasteiger partial charge is 0.308 e. The molecule has 0 aromatic heterocycles. The van der Waals surface area contributed by atoms with E-state index in [1.54, 1.807) is 12.1 Å². The molecule has 0 saturated carbocycles. The quantitative estimate of drug-likeness (QED) is 0.305. The van der Waals surface area contributed by atoms with E-state index in [9.17, 15) is 9.59 Å². The lowest BCUT2D eigenvalue weighted by molar-refractivity contribution is -0.134. The maximum Gasteiger partial charge on any atom is 0.308 e. The van der Waals surface area contributed by atoms with Crippen molar-refractivity contribution < 1.29 is 19.1 Å². The number of para-hydroxylation sites is 1. The van der Waals surface area contributed by atoms with E-state index in [0.717, 1.165) is 43.0 Å². The third-order valence-corrected chi connectivity index (χ3v) is 3.45. The standard InChI is InChI=1S/C16H21BrO4/c1-12(18)20-15-10-7-9-14(16(15)21-13(2)19)8-5-3-4-6-11-17/h7,9-10H,3-6,8,11H2,1-2H3. The SMILES string of the molecule is CC(=O)Oc1cccc(CCCCCCBr)c1OC(C)=O. The van der Waals surface area contributed by atoms with Crippen LogP contribution in [0.5, 0.6) is 11.5 Å². The van der Waals surface area contributed by atoms with E-state index < -0.39 is 11.9 Å². The second-order valence-electron chi connectivity index (χ2n) is 4.78. The summed E-state index contributed by atoms with van der Waals surface area (Å²) in [6.07, 6.45) is 5.23. The molecular formula is C16H21BrO4. The first-order chi connectivity index (χ1) is 10.0. The van der Waals surface area contributed by atoms with Crippen LogP contribution >= 0.6 is 15.9 Å². The Morgan fingerprint density at radius 3 is 2.29 bits per heavy atom. The molecular weight excluding hydrogens is 336 g/mol. The molecule has 1 aromatic carbocycles. The zero-order chi connectivity index (χ0) is 15.7. The fraction of sp³-hybridized carbons (Fsp3) is 0.500. The Bertz CT molecular complexity index is 485. The van der Waals surface area contributed by atoms with Gasteiger partial charge in [0.05, 0.1) is 0 Å². The molecule has 0 aliphatic rings. The minimum atomic E-state index is -0.433. The molecule has 0 fully saturated rings. The van der Waals surface area contributed by atoms with Crippen molar-refractivity contribution in [2.24, 2.45) is 0 Å². The van der Waals surface area contributed by atoms with Gasteiger partial charge in [-0.2, -0.15) is 0 Å². The van der Waals surface area contributed by atoms with Crippen molar-refractivity contribution in [2.45, 2.75) is 46.0 Å². The average Bonchev–Trinajstić information content (AvgIpc) is 2.40. The predicted octanol–water partition coefficient (Wildman–Crippen LogP) is 4.04. The van der Waals surface area contributed by atoms with Gasteiger partial charge in [-0.1, -0.05) is 40.9 Å². The lowest BCUT2D eigenvalue weighted by Gasteiger charge is -2.13. The number of carbonyl (C=O) groups excluding carboxylic acids is 2. The third-order valence-electron chi connectivity index (χ3n) is 2.89. The lowest BCUT2D eigenvalue weighted by atomic mass is 10.0. The second-order valence-corrected chi connectivity index (χ2v) is 5.58. The van der Waals surface area contributed by atoms with Crippen LogP contribution in [0.15, 0.2) is 18.2 Å². The first-order valence-electron chi connectivity index (χ1n) is 7.09. The highest BCUT2D eigenvalue weighted by Gasteiger charge is 2.14. The summed E-state index contributed by atoms with van der Waals surface area (Å²) in [6, 6.07) is 5.34. The van der Waals surface area contributed by atoms with Crippen molar-refractivity contribution in [1.82, 2.24) is 0 Å². The number of alkyl halides is 1. The Labute approximate surface area is 133 Å². The molecule has 0 amide bonds. The Morgan fingerprint density at radius 1 is 1.00 bits per heavy atom. The molecule has 4 nitrogen and oxygen atoms in total. The molecule has 0 atom stereocenters. The average molecular weight is 357 g/mol. The summed E-state index contributed by atoms with van der Waals surface area (Å²) in [5.74, 6) is -0.190. The highest BCUT2D eigenvalue weighted by molar-refractivity contribution is 9.09. The zero-order valence-corrected chi connectivity index (χ0v) is 14.1. The van der Waals surface area contributed by atoms with E-state index in [2.05, 4.69) is 15.9 Å². The number of esters is 2. The van der Waals surface area contributed by atoms with E-state index in [1.165, 1.54) is 13.8 Å². The van der Waals surface area contributed by atoms with E-state index in [1.807, 2.05) is 6.07 Å². The number of hydrogen-bond acceptors (Lipinski definition) is 4. The van der Waals surface area contributed by atoms with Crippen LogP contribution in [-0.4, -0.2) is 17.3 Å². The summed E-state index contributed by atoms with van der Waals surface area (Å²) in [5, 5.41) is 1.02. The van der Waals surface area contributed by atoms with E-state index in [4.69, 9.17) is 9.47 Å². The van der Waals surface area contributed by atoms with Crippen molar-refractivity contribution in [1.29, 1.82) is 0 Å². The fourth-order valence-electron chi connectivity index (χ4n) is 2.02. The second kappa shape index (κ2) is 9.55. The van der Waals surface area contributed by atoms with Gasteiger partial charge in [0.1, 0.15) is 0 Å². The van der Waals surface area contributed by atoms with Crippen molar-refractivity contribution in [3.8, 4) is 11.5 Å². The largest absolute Gasteiger partial charge is 0.423 e. The van der Waals surface area contributed by atoms with Crippen LogP contribution in [0.4, 0.5) is 0 Å². The Balaban J connectivity index is 2.80. The fourth-order valence-corrected chi connectivity index (χ4v) is 2.41. The monoisotopic (exact) mass is 356 g/mol. The number of benzene rings is 1. The summed E-state index contributed by atoms with van der Waals surface area (Å²) in [4.78, 5) is 22.4. The molecule has 1 aromatic rings. The van der Waals surface area contributed by atoms with Crippen LogP contribution < -0.4 is 9.47 Å². The maximum absolute atomic E-state index is 11.3. The van der Waals surface area contributed by atoms with Crippen LogP contribution in [0.25, 0.3) is 0 Å². The van der Waals surface area contributed by atoms with Crippen molar-refractivity contribution in [3.63, 3.8) is 0 Å². The van der Waals surface area contributed by atoms with Crippen LogP contribution in [0, 0.1) is 0 Å². The molecule has 116 valence electrons. The van der Waals surface area contributed by atoms with E-state index in [-0.39, 0.29) is 0 Å². The third kappa shape index (κ3) is 6.76. The molecule has 0 spiro atoms. The normalized spacial score (nSPS) is 10.2. The topological polar surface area (TPSA) is 52.6 Å². The summed E-state index contributed by atoms with van der Waals surface area (Å²) in [7, 11) is 0. The Kier molecular flexibility index (Phi) is 8.05. The first-order valence-corrected chi connectivity index (χ1v) is 8.21.